The Morgan fingerprint density at radius 1 is 0.918 bits per heavy atom. The third-order valence-corrected chi connectivity index (χ3v) is 12.0. The number of aliphatic imine (C=N–C) groups is 1. The van der Waals surface area contributed by atoms with Crippen molar-refractivity contribution in [3.05, 3.63) is 33.1 Å². The van der Waals surface area contributed by atoms with Crippen LogP contribution in [0.3, 0.4) is 0 Å². The van der Waals surface area contributed by atoms with Crippen LogP contribution in [0.2, 0.25) is 0 Å². The molecule has 73 heavy (non-hydrogen) atoms. The van der Waals surface area contributed by atoms with Crippen LogP contribution in [-0.4, -0.2) is 208 Å². The molecule has 4 heterocycles. The van der Waals surface area contributed by atoms with Crippen molar-refractivity contribution in [2.75, 3.05) is 40.0 Å². The summed E-state index contributed by atoms with van der Waals surface area (Å²) in [6, 6.07) is -7.09. The van der Waals surface area contributed by atoms with Crippen LogP contribution in [0.4, 0.5) is 4.79 Å². The van der Waals surface area contributed by atoms with Gasteiger partial charge in [0.15, 0.2) is 18.5 Å². The van der Waals surface area contributed by atoms with Gasteiger partial charge in [-0.25, -0.2) is 14.4 Å². The molecule has 0 radical (unpaired) electrons. The molecule has 4 rings (SSSR count). The smallest absolute Gasteiger partial charge is 0.330 e. The molecule has 1 aromatic rings. The molecule has 0 saturated carbocycles. The first kappa shape index (κ1) is 59.2. The van der Waals surface area contributed by atoms with Gasteiger partial charge in [-0.2, -0.15) is 0 Å². The first-order chi connectivity index (χ1) is 34.5. The fourth-order valence-electron chi connectivity index (χ4n) is 8.23. The number of carbonyl (C=O) groups excluding carboxylic acids is 5. The molecule has 15 unspecified atom stereocenters. The Morgan fingerprint density at radius 2 is 1.62 bits per heavy atom. The Kier molecular flexibility index (Phi) is 22.4. The number of H-pyrrole nitrogens is 1. The van der Waals surface area contributed by atoms with Gasteiger partial charge in [0.25, 0.3) is 12.0 Å². The van der Waals surface area contributed by atoms with E-state index in [1.54, 1.807) is 27.7 Å². The van der Waals surface area contributed by atoms with Crippen molar-refractivity contribution < 1.29 is 82.8 Å². The Bertz CT molecular complexity index is 2210. The zero-order chi connectivity index (χ0) is 54.3. The number of rotatable bonds is 28. The highest BCUT2D eigenvalue weighted by Gasteiger charge is 2.54. The molecule has 0 bridgehead atoms. The standard InChI is InChI=1S/C42H68N12O19/c1-17(2)23(37(63)64)52-41(67)53-24(20-8-12-46-40(43)49-20)35(62)51-25(30(18(3)4)70-16-55)34(61)45-11-7-10-44-15-48-26(38(65)66)31(73-39-33(69-6)27(58)21(71-39)14-47-19(5)56)32-28(59)29(60)36(72-32)54-13-9-22(57)50-42(54)68/h9,13,16-18,20-21,23-33,36,39,44,48,58-60H,7-8,10-12,14-15H2,1-6H3,(H,45,61)(H,47,56)(H,51,62)(H,63,64)(H,65,66)(H3,43,46,49)(H,50,57,68)(H2,52,53,67). The van der Waals surface area contributed by atoms with Gasteiger partial charge in [0.1, 0.15) is 73.0 Å². The van der Waals surface area contributed by atoms with E-state index in [4.69, 9.17) is 29.4 Å². The maximum absolute atomic E-state index is 14.0. The zero-order valence-corrected chi connectivity index (χ0v) is 40.9. The summed E-state index contributed by atoms with van der Waals surface area (Å²) in [5.74, 6) is -6.20. The van der Waals surface area contributed by atoms with Gasteiger partial charge in [-0.05, 0) is 31.2 Å². The van der Waals surface area contributed by atoms with Gasteiger partial charge in [-0.15, -0.1) is 0 Å². The number of nitrogens with one attached hydrogen (secondary N) is 9. The number of ether oxygens (including phenoxy) is 5. The van der Waals surface area contributed by atoms with Crippen molar-refractivity contribution in [1.82, 2.24) is 52.1 Å². The second kappa shape index (κ2) is 27.7. The average molecular weight is 1050 g/mol. The van der Waals surface area contributed by atoms with E-state index in [0.717, 1.165) is 16.8 Å². The molecule has 0 aliphatic carbocycles. The molecule has 2 saturated heterocycles. The molecule has 2 fully saturated rings. The predicted octanol–water partition coefficient (Wildman–Crippen LogP) is -6.99. The number of carboxylic acids is 2. The Hall–Kier alpha value is -6.32. The van der Waals surface area contributed by atoms with Crippen molar-refractivity contribution in [3.8, 4) is 0 Å². The highest BCUT2D eigenvalue weighted by atomic mass is 16.7. The van der Waals surface area contributed by atoms with E-state index < -0.39 is 150 Å². The first-order valence-electron chi connectivity index (χ1n) is 23.3. The van der Waals surface area contributed by atoms with Crippen molar-refractivity contribution in [2.45, 2.75) is 139 Å². The van der Waals surface area contributed by atoms with Gasteiger partial charge in [0.2, 0.25) is 17.7 Å². The minimum absolute atomic E-state index is 0.0392. The first-order valence-corrected chi connectivity index (χ1v) is 23.3. The Morgan fingerprint density at radius 3 is 2.21 bits per heavy atom. The third kappa shape index (κ3) is 16.1. The highest BCUT2D eigenvalue weighted by Crippen LogP contribution is 2.35. The fraction of sp³-hybridized carbons (Fsp3) is 0.714. The molecule has 15 atom stereocenters. The molecule has 0 spiro atoms. The average Bonchev–Trinajstić information content (AvgIpc) is 3.79. The zero-order valence-electron chi connectivity index (χ0n) is 40.9. The summed E-state index contributed by atoms with van der Waals surface area (Å²) < 4.78 is 29.2. The van der Waals surface area contributed by atoms with Gasteiger partial charge < -0.3 is 92.2 Å². The normalized spacial score (nSPS) is 26.2. The topological polar surface area (TPSA) is 456 Å². The number of aromatic nitrogens is 2. The minimum atomic E-state index is -1.93. The summed E-state index contributed by atoms with van der Waals surface area (Å²) >= 11 is 0. The summed E-state index contributed by atoms with van der Waals surface area (Å²) in [6.45, 7) is 7.38. The molecule has 31 heteroatoms. The van der Waals surface area contributed by atoms with E-state index in [1.165, 1.54) is 14.0 Å². The summed E-state index contributed by atoms with van der Waals surface area (Å²) in [4.78, 5) is 119. The number of urea groups is 1. The number of aliphatic carboxylic acids is 2. The lowest BCUT2D eigenvalue weighted by Crippen LogP contribution is -2.66. The highest BCUT2D eigenvalue weighted by molar-refractivity contribution is 5.94. The van der Waals surface area contributed by atoms with E-state index in [1.807, 2.05) is 4.98 Å². The number of carboxylic acid groups (broad SMARTS) is 2. The number of hydrogen-bond donors (Lipinski definition) is 15. The molecule has 5 amide bonds. The largest absolute Gasteiger partial charge is 0.480 e. The van der Waals surface area contributed by atoms with Crippen LogP contribution >= 0.6 is 0 Å². The van der Waals surface area contributed by atoms with Crippen molar-refractivity contribution in [2.24, 2.45) is 22.6 Å². The number of aliphatic hydroxyl groups is 3. The van der Waals surface area contributed by atoms with Crippen LogP contribution < -0.4 is 59.5 Å². The van der Waals surface area contributed by atoms with Crippen molar-refractivity contribution >= 4 is 48.1 Å². The lowest BCUT2D eigenvalue weighted by atomic mass is 9.96. The van der Waals surface area contributed by atoms with Gasteiger partial charge in [-0.1, -0.05) is 27.7 Å². The van der Waals surface area contributed by atoms with E-state index in [-0.39, 0.29) is 58.1 Å². The van der Waals surface area contributed by atoms with Gasteiger partial charge in [-0.3, -0.25) is 48.6 Å². The number of hydrogen-bond acceptors (Lipinski definition) is 22. The summed E-state index contributed by atoms with van der Waals surface area (Å²) in [6.07, 6.45) is -14.3. The second-order valence-electron chi connectivity index (χ2n) is 18.0. The van der Waals surface area contributed by atoms with Crippen LogP contribution in [0.15, 0.2) is 26.8 Å². The van der Waals surface area contributed by atoms with E-state index in [2.05, 4.69) is 47.5 Å². The molecular weight excluding hydrogens is 977 g/mol. The molecule has 3 aliphatic heterocycles. The maximum Gasteiger partial charge on any atom is 0.330 e. The summed E-state index contributed by atoms with van der Waals surface area (Å²) in [5.41, 5.74) is 4.07. The van der Waals surface area contributed by atoms with Gasteiger partial charge >= 0.3 is 23.7 Å². The molecule has 3 aliphatic rings. The SMILES string of the molecule is COC1C(OC(C(NCNCCCNC(=O)C(NC(=O)C(NC(=O)NC(C(=O)O)C(C)C)C2CCN=C(N)N2)C(OC=O)C(C)C)C(=O)O)C2OC(n3ccc(=O)[nH]c3=O)C(O)C2O)OC(CNC(C)=O)C1O. The number of aliphatic hydroxyl groups excluding tert-OH is 3. The third-order valence-electron chi connectivity index (χ3n) is 12.0. The van der Waals surface area contributed by atoms with Gasteiger partial charge in [0.05, 0.1) is 6.04 Å². The predicted molar refractivity (Wildman–Crippen MR) is 249 cm³/mol. The number of guanidine groups is 1. The van der Waals surface area contributed by atoms with Crippen LogP contribution in [-0.2, 0) is 52.5 Å². The summed E-state index contributed by atoms with van der Waals surface area (Å²) in [5, 5.41) is 74.4. The number of nitrogens with zero attached hydrogens (tertiary/aromatic N) is 2. The van der Waals surface area contributed by atoms with Crippen LogP contribution in [0.1, 0.15) is 53.7 Å². The van der Waals surface area contributed by atoms with E-state index in [9.17, 15) is 68.7 Å². The van der Waals surface area contributed by atoms with Crippen LogP contribution in [0.5, 0.6) is 0 Å². The second-order valence-corrected chi connectivity index (χ2v) is 18.0. The lowest BCUT2D eigenvalue weighted by molar-refractivity contribution is -0.231. The summed E-state index contributed by atoms with van der Waals surface area (Å²) in [7, 11) is 1.21. The number of carbonyl (C=O) groups is 7. The molecule has 410 valence electrons. The number of nitrogens with two attached hydrogens (primary N) is 1. The van der Waals surface area contributed by atoms with Crippen molar-refractivity contribution in [3.63, 3.8) is 0 Å². The lowest BCUT2D eigenvalue weighted by Gasteiger charge is -2.34. The Balaban J connectivity index is 1.47. The van der Waals surface area contributed by atoms with Gasteiger partial charge in [0, 0.05) is 52.6 Å². The molecule has 31 nitrogen and oxygen atoms in total. The number of aromatic amines is 1. The Labute approximate surface area is 417 Å². The monoisotopic (exact) mass is 1040 g/mol. The van der Waals surface area contributed by atoms with Crippen molar-refractivity contribution in [1.29, 1.82) is 0 Å². The number of amides is 5. The number of methoxy groups -OCH3 is 1. The van der Waals surface area contributed by atoms with E-state index in [0.29, 0.717) is 0 Å². The van der Waals surface area contributed by atoms with Crippen LogP contribution in [0, 0.1) is 11.8 Å². The molecule has 1 aromatic heterocycles. The molecule has 0 aromatic carbocycles. The molecular formula is C42H68N12O19. The van der Waals surface area contributed by atoms with E-state index >= 15 is 0 Å². The minimum Gasteiger partial charge on any atom is -0.480 e. The fourth-order valence-corrected chi connectivity index (χ4v) is 8.23. The quantitative estimate of drug-likeness (QED) is 0.0211. The molecule has 16 N–H and O–H groups in total. The maximum atomic E-state index is 14.0. The van der Waals surface area contributed by atoms with Crippen LogP contribution in [0.25, 0.3) is 0 Å².